The molecule has 0 saturated heterocycles. The average molecular weight is 230 g/mol. The summed E-state index contributed by atoms with van der Waals surface area (Å²) in [5.41, 5.74) is 5.93. The molecule has 6 heteroatoms. The molecule has 1 aromatic rings. The van der Waals surface area contributed by atoms with Gasteiger partial charge in [-0.2, -0.15) is 0 Å². The molecule has 0 bridgehead atoms. The van der Waals surface area contributed by atoms with Gasteiger partial charge >= 0.3 is 5.97 Å². The fourth-order valence-corrected chi connectivity index (χ4v) is 1.63. The SMILES string of the molecule is COCCOC(=O)c1csc(C(C)N)n1. The smallest absolute Gasteiger partial charge is 0.357 e. The second kappa shape index (κ2) is 5.79. The van der Waals surface area contributed by atoms with Crippen molar-refractivity contribution in [1.29, 1.82) is 0 Å². The molecule has 5 nitrogen and oxygen atoms in total. The van der Waals surface area contributed by atoms with Crippen molar-refractivity contribution in [3.63, 3.8) is 0 Å². The van der Waals surface area contributed by atoms with E-state index in [0.29, 0.717) is 12.3 Å². The highest BCUT2D eigenvalue weighted by atomic mass is 32.1. The lowest BCUT2D eigenvalue weighted by Crippen LogP contribution is -2.11. The Labute approximate surface area is 92.2 Å². The maximum absolute atomic E-state index is 11.4. The summed E-state index contributed by atoms with van der Waals surface area (Å²) in [5, 5.41) is 2.38. The van der Waals surface area contributed by atoms with Gasteiger partial charge in [0.2, 0.25) is 0 Å². The second-order valence-corrected chi connectivity index (χ2v) is 3.88. The van der Waals surface area contributed by atoms with Crippen LogP contribution in [0.1, 0.15) is 28.5 Å². The Morgan fingerprint density at radius 3 is 2.93 bits per heavy atom. The Morgan fingerprint density at radius 1 is 1.67 bits per heavy atom. The number of ether oxygens (including phenoxy) is 2. The van der Waals surface area contributed by atoms with Crippen molar-refractivity contribution in [1.82, 2.24) is 4.98 Å². The van der Waals surface area contributed by atoms with Gasteiger partial charge in [-0.25, -0.2) is 9.78 Å². The zero-order chi connectivity index (χ0) is 11.3. The number of esters is 1. The van der Waals surface area contributed by atoms with Crippen LogP contribution in [-0.4, -0.2) is 31.3 Å². The Bertz CT molecular complexity index is 325. The highest BCUT2D eigenvalue weighted by Crippen LogP contribution is 2.16. The third-order valence-electron chi connectivity index (χ3n) is 1.64. The molecular weight excluding hydrogens is 216 g/mol. The molecule has 2 N–H and O–H groups in total. The predicted molar refractivity (Wildman–Crippen MR) is 56.9 cm³/mol. The van der Waals surface area contributed by atoms with Crippen molar-refractivity contribution in [2.45, 2.75) is 13.0 Å². The van der Waals surface area contributed by atoms with E-state index in [0.717, 1.165) is 5.01 Å². The van der Waals surface area contributed by atoms with E-state index in [9.17, 15) is 4.79 Å². The van der Waals surface area contributed by atoms with Crippen LogP contribution in [0.2, 0.25) is 0 Å². The summed E-state index contributed by atoms with van der Waals surface area (Å²) in [6.07, 6.45) is 0. The molecule has 1 unspecified atom stereocenters. The van der Waals surface area contributed by atoms with E-state index in [1.165, 1.54) is 11.3 Å². The summed E-state index contributed by atoms with van der Waals surface area (Å²) in [5.74, 6) is -0.435. The van der Waals surface area contributed by atoms with E-state index in [1.807, 2.05) is 6.92 Å². The number of thiazole rings is 1. The summed E-state index contributed by atoms with van der Waals surface area (Å²) >= 11 is 1.36. The number of carbonyl (C=O) groups is 1. The first-order chi connectivity index (χ1) is 7.15. The third kappa shape index (κ3) is 3.58. The molecular formula is C9H14N2O3S. The first kappa shape index (κ1) is 12.1. The van der Waals surface area contributed by atoms with E-state index >= 15 is 0 Å². The Hall–Kier alpha value is -0.980. The minimum absolute atomic E-state index is 0.157. The van der Waals surface area contributed by atoms with Crippen molar-refractivity contribution in [2.24, 2.45) is 5.73 Å². The number of nitrogens with zero attached hydrogens (tertiary/aromatic N) is 1. The number of hydrogen-bond donors (Lipinski definition) is 1. The lowest BCUT2D eigenvalue weighted by atomic mass is 10.4. The van der Waals surface area contributed by atoms with Crippen molar-refractivity contribution in [3.05, 3.63) is 16.1 Å². The van der Waals surface area contributed by atoms with Crippen molar-refractivity contribution in [2.75, 3.05) is 20.3 Å². The van der Waals surface area contributed by atoms with E-state index in [1.54, 1.807) is 12.5 Å². The summed E-state index contributed by atoms with van der Waals surface area (Å²) in [6.45, 7) is 2.44. The zero-order valence-corrected chi connectivity index (χ0v) is 9.54. The average Bonchev–Trinajstić information content (AvgIpc) is 2.66. The molecule has 0 amide bonds. The molecule has 1 rings (SSSR count). The molecule has 0 aromatic carbocycles. The first-order valence-electron chi connectivity index (χ1n) is 4.52. The highest BCUT2D eigenvalue weighted by molar-refractivity contribution is 7.09. The van der Waals surface area contributed by atoms with Gasteiger partial charge in [0.15, 0.2) is 5.69 Å². The molecule has 0 aliphatic rings. The van der Waals surface area contributed by atoms with Crippen LogP contribution in [0.25, 0.3) is 0 Å². The zero-order valence-electron chi connectivity index (χ0n) is 8.73. The van der Waals surface area contributed by atoms with E-state index in [2.05, 4.69) is 4.98 Å². The maximum atomic E-state index is 11.4. The van der Waals surface area contributed by atoms with Crippen LogP contribution in [0.15, 0.2) is 5.38 Å². The molecule has 0 saturated carbocycles. The minimum atomic E-state index is -0.435. The molecule has 0 aliphatic carbocycles. The van der Waals surface area contributed by atoms with Gasteiger partial charge in [-0.1, -0.05) is 0 Å². The molecule has 0 aliphatic heterocycles. The number of methoxy groups -OCH3 is 1. The molecule has 1 heterocycles. The van der Waals surface area contributed by atoms with Crippen LogP contribution in [0, 0.1) is 0 Å². The van der Waals surface area contributed by atoms with Crippen LogP contribution < -0.4 is 5.73 Å². The number of rotatable bonds is 5. The van der Waals surface area contributed by atoms with Gasteiger partial charge in [-0.15, -0.1) is 11.3 Å². The maximum Gasteiger partial charge on any atom is 0.357 e. The van der Waals surface area contributed by atoms with Gasteiger partial charge in [-0.05, 0) is 6.92 Å². The van der Waals surface area contributed by atoms with Gasteiger partial charge in [0.1, 0.15) is 11.6 Å². The van der Waals surface area contributed by atoms with Gasteiger partial charge in [0, 0.05) is 12.5 Å². The lowest BCUT2D eigenvalue weighted by molar-refractivity contribution is 0.0382. The van der Waals surface area contributed by atoms with Crippen LogP contribution in [-0.2, 0) is 9.47 Å². The summed E-state index contributed by atoms with van der Waals surface area (Å²) in [6, 6.07) is -0.157. The number of hydrogen-bond acceptors (Lipinski definition) is 6. The van der Waals surface area contributed by atoms with Gasteiger partial charge in [0.05, 0.1) is 12.6 Å². The second-order valence-electron chi connectivity index (χ2n) is 2.99. The van der Waals surface area contributed by atoms with Gasteiger partial charge < -0.3 is 15.2 Å². The van der Waals surface area contributed by atoms with Crippen LogP contribution in [0.4, 0.5) is 0 Å². The van der Waals surface area contributed by atoms with Crippen molar-refractivity contribution in [3.8, 4) is 0 Å². The standard InChI is InChI=1S/C9H14N2O3S/c1-6(10)8-11-7(5-15-8)9(12)14-4-3-13-2/h5-6H,3-4,10H2,1-2H3. The minimum Gasteiger partial charge on any atom is -0.458 e. The van der Waals surface area contributed by atoms with E-state index < -0.39 is 5.97 Å². The normalized spacial score (nSPS) is 12.5. The largest absolute Gasteiger partial charge is 0.458 e. The van der Waals surface area contributed by atoms with Gasteiger partial charge in [0.25, 0.3) is 0 Å². The quantitative estimate of drug-likeness (QED) is 0.602. The molecule has 1 aromatic heterocycles. The summed E-state index contributed by atoms with van der Waals surface area (Å²) in [7, 11) is 1.55. The van der Waals surface area contributed by atoms with Crippen LogP contribution in [0.3, 0.4) is 0 Å². The fourth-order valence-electron chi connectivity index (χ4n) is 0.882. The molecule has 84 valence electrons. The summed E-state index contributed by atoms with van der Waals surface area (Å²) in [4.78, 5) is 15.4. The Balaban J connectivity index is 2.51. The van der Waals surface area contributed by atoms with Crippen LogP contribution >= 0.6 is 11.3 Å². The third-order valence-corrected chi connectivity index (χ3v) is 2.69. The Morgan fingerprint density at radius 2 is 2.40 bits per heavy atom. The molecule has 15 heavy (non-hydrogen) atoms. The number of nitrogens with two attached hydrogens (primary N) is 1. The first-order valence-corrected chi connectivity index (χ1v) is 5.40. The number of aromatic nitrogens is 1. The summed E-state index contributed by atoms with van der Waals surface area (Å²) < 4.78 is 9.66. The van der Waals surface area contributed by atoms with Crippen LogP contribution in [0.5, 0.6) is 0 Å². The molecule has 1 atom stereocenters. The predicted octanol–water partition coefficient (Wildman–Crippen LogP) is 0.966. The fraction of sp³-hybridized carbons (Fsp3) is 0.556. The highest BCUT2D eigenvalue weighted by Gasteiger charge is 2.13. The van der Waals surface area contributed by atoms with Gasteiger partial charge in [-0.3, -0.25) is 0 Å². The monoisotopic (exact) mass is 230 g/mol. The van der Waals surface area contributed by atoms with Crippen molar-refractivity contribution < 1.29 is 14.3 Å². The lowest BCUT2D eigenvalue weighted by Gasteiger charge is -2.01. The molecule has 0 radical (unpaired) electrons. The van der Waals surface area contributed by atoms with Crippen molar-refractivity contribution >= 4 is 17.3 Å². The van der Waals surface area contributed by atoms with E-state index in [4.69, 9.17) is 15.2 Å². The molecule has 0 fully saturated rings. The van der Waals surface area contributed by atoms with E-state index in [-0.39, 0.29) is 12.6 Å². The molecule has 0 spiro atoms. The topological polar surface area (TPSA) is 74.4 Å². The Kier molecular flexibility index (Phi) is 4.67. The number of carbonyl (C=O) groups excluding carboxylic acids is 1.